The SMILES string of the molecule is [B].[B].c1ccc(P2CC3CP(c4ccccc4)CC3C2)cc1. The van der Waals surface area contributed by atoms with E-state index in [2.05, 4.69) is 60.7 Å². The maximum absolute atomic E-state index is 2.35. The van der Waals surface area contributed by atoms with Crippen molar-refractivity contribution in [1.82, 2.24) is 0 Å². The number of hydrogen-bond donors (Lipinski definition) is 0. The van der Waals surface area contributed by atoms with Crippen molar-refractivity contribution < 1.29 is 0 Å². The summed E-state index contributed by atoms with van der Waals surface area (Å²) in [6.45, 7) is 0. The molecule has 2 saturated heterocycles. The van der Waals surface area contributed by atoms with E-state index in [-0.39, 0.29) is 32.7 Å². The molecule has 0 atom stereocenters. The Morgan fingerprint density at radius 2 is 0.864 bits per heavy atom. The van der Waals surface area contributed by atoms with E-state index in [1.54, 1.807) is 10.6 Å². The highest BCUT2D eigenvalue weighted by atomic mass is 31.1. The summed E-state index contributed by atoms with van der Waals surface area (Å²) in [5.41, 5.74) is 0. The molecule has 2 aliphatic heterocycles. The Hall–Kier alpha value is -0.570. The summed E-state index contributed by atoms with van der Waals surface area (Å²) in [5, 5.41) is 3.28. The first-order chi connectivity index (χ1) is 9.90. The van der Waals surface area contributed by atoms with E-state index in [9.17, 15) is 0 Å². The second-order valence-corrected chi connectivity index (χ2v) is 10.7. The smallest absolute Gasteiger partial charge is 0 e. The van der Waals surface area contributed by atoms with Gasteiger partial charge in [0.2, 0.25) is 0 Å². The normalized spacial score (nSPS) is 29.3. The van der Waals surface area contributed by atoms with Crippen molar-refractivity contribution in [2.24, 2.45) is 11.8 Å². The van der Waals surface area contributed by atoms with Crippen molar-refractivity contribution in [3.8, 4) is 0 Å². The summed E-state index contributed by atoms with van der Waals surface area (Å²) < 4.78 is 0. The second kappa shape index (κ2) is 7.81. The third-order valence-corrected chi connectivity index (χ3v) is 10.4. The zero-order valence-corrected chi connectivity index (χ0v) is 14.6. The van der Waals surface area contributed by atoms with Gasteiger partial charge in [-0.2, -0.15) is 0 Å². The summed E-state index contributed by atoms with van der Waals surface area (Å²) in [7, 11) is 0.298. The van der Waals surface area contributed by atoms with Crippen molar-refractivity contribution in [2.45, 2.75) is 0 Å². The molecule has 2 aromatic rings. The predicted molar refractivity (Wildman–Crippen MR) is 104 cm³/mol. The Morgan fingerprint density at radius 3 is 1.18 bits per heavy atom. The second-order valence-electron chi connectivity index (χ2n) is 6.00. The van der Waals surface area contributed by atoms with Gasteiger partial charge in [-0.25, -0.2) is 0 Å². The summed E-state index contributed by atoms with van der Waals surface area (Å²) >= 11 is 0. The van der Waals surface area contributed by atoms with Crippen LogP contribution in [0.2, 0.25) is 0 Å². The molecule has 4 rings (SSSR count). The van der Waals surface area contributed by atoms with Crippen LogP contribution in [0.5, 0.6) is 0 Å². The van der Waals surface area contributed by atoms with Gasteiger partial charge in [-0.3, -0.25) is 0 Å². The highest BCUT2D eigenvalue weighted by Crippen LogP contribution is 2.59. The monoisotopic (exact) mass is 320 g/mol. The van der Waals surface area contributed by atoms with E-state index >= 15 is 0 Å². The van der Waals surface area contributed by atoms with Gasteiger partial charge in [0, 0.05) is 16.8 Å². The lowest BCUT2D eigenvalue weighted by Gasteiger charge is -2.16. The molecular weight excluding hydrogens is 300 g/mol. The van der Waals surface area contributed by atoms with Gasteiger partial charge < -0.3 is 0 Å². The summed E-state index contributed by atoms with van der Waals surface area (Å²) in [5.74, 6) is 2.04. The number of benzene rings is 2. The van der Waals surface area contributed by atoms with E-state index in [0.29, 0.717) is 0 Å². The van der Waals surface area contributed by atoms with Crippen LogP contribution >= 0.6 is 15.8 Å². The fraction of sp³-hybridized carbons (Fsp3) is 0.333. The van der Waals surface area contributed by atoms with Crippen molar-refractivity contribution in [2.75, 3.05) is 24.6 Å². The van der Waals surface area contributed by atoms with Gasteiger partial charge >= 0.3 is 0 Å². The minimum atomic E-state index is 0. The van der Waals surface area contributed by atoms with Gasteiger partial charge in [0.05, 0.1) is 0 Å². The van der Waals surface area contributed by atoms with E-state index in [4.69, 9.17) is 0 Å². The highest BCUT2D eigenvalue weighted by Gasteiger charge is 2.42. The minimum absolute atomic E-state index is 0. The molecule has 22 heavy (non-hydrogen) atoms. The molecule has 2 fully saturated rings. The molecule has 0 aromatic heterocycles. The van der Waals surface area contributed by atoms with Crippen molar-refractivity contribution >= 4 is 43.3 Å². The van der Waals surface area contributed by atoms with Crippen LogP contribution in [-0.4, -0.2) is 41.5 Å². The largest absolute Gasteiger partial charge is 0.0747 e. The summed E-state index contributed by atoms with van der Waals surface area (Å²) in [6, 6.07) is 22.5. The van der Waals surface area contributed by atoms with Crippen molar-refractivity contribution in [1.29, 1.82) is 0 Å². The molecule has 0 spiro atoms. The van der Waals surface area contributed by atoms with E-state index in [1.165, 1.54) is 24.6 Å². The molecule has 6 radical (unpaired) electrons. The first-order valence-electron chi connectivity index (χ1n) is 7.50. The van der Waals surface area contributed by atoms with Gasteiger partial charge in [0.25, 0.3) is 0 Å². The minimum Gasteiger partial charge on any atom is -0.0747 e. The molecule has 108 valence electrons. The molecule has 0 aliphatic carbocycles. The lowest BCUT2D eigenvalue weighted by Crippen LogP contribution is -2.07. The fourth-order valence-corrected chi connectivity index (χ4v) is 10.4. The first-order valence-corrected chi connectivity index (χ1v) is 10.9. The van der Waals surface area contributed by atoms with Crippen LogP contribution in [0.25, 0.3) is 0 Å². The third-order valence-electron chi connectivity index (χ3n) is 4.73. The highest BCUT2D eigenvalue weighted by molar-refractivity contribution is 7.68. The zero-order valence-electron chi connectivity index (χ0n) is 12.8. The van der Waals surface area contributed by atoms with Crippen LogP contribution in [0.4, 0.5) is 0 Å². The Balaban J connectivity index is 0.000000882. The van der Waals surface area contributed by atoms with Crippen LogP contribution in [0.1, 0.15) is 0 Å². The van der Waals surface area contributed by atoms with Crippen LogP contribution in [0.3, 0.4) is 0 Å². The van der Waals surface area contributed by atoms with Gasteiger partial charge in [0.1, 0.15) is 0 Å². The lowest BCUT2D eigenvalue weighted by molar-refractivity contribution is 0.533. The van der Waals surface area contributed by atoms with Gasteiger partial charge in [-0.05, 0) is 47.1 Å². The first kappa shape index (κ1) is 17.8. The molecule has 0 nitrogen and oxygen atoms in total. The number of fused-ring (bicyclic) bond motifs is 1. The van der Waals surface area contributed by atoms with Crippen LogP contribution in [0, 0.1) is 11.8 Å². The van der Waals surface area contributed by atoms with E-state index in [0.717, 1.165) is 11.8 Å². The molecule has 0 amide bonds. The summed E-state index contributed by atoms with van der Waals surface area (Å²) in [6.07, 6.45) is 5.98. The Kier molecular flexibility index (Phi) is 6.31. The van der Waals surface area contributed by atoms with Gasteiger partial charge in [-0.1, -0.05) is 76.5 Å². The van der Waals surface area contributed by atoms with E-state index in [1.807, 2.05) is 0 Å². The van der Waals surface area contributed by atoms with Crippen LogP contribution < -0.4 is 10.6 Å². The quantitative estimate of drug-likeness (QED) is 0.589. The molecule has 2 aromatic carbocycles. The number of hydrogen-bond acceptors (Lipinski definition) is 0. The van der Waals surface area contributed by atoms with Crippen molar-refractivity contribution in [3.05, 3.63) is 60.7 Å². The average molecular weight is 320 g/mol. The Morgan fingerprint density at radius 1 is 0.545 bits per heavy atom. The standard InChI is InChI=1S/C18H20P2.2B/c1-3-7-17(8-4-1)19-11-15-13-20(14-16(15)12-19)18-9-5-2-6-10-18;;/h1-10,15-16H,11-14H2;;. The predicted octanol–water partition coefficient (Wildman–Crippen LogP) is 3.10. The average Bonchev–Trinajstić information content (AvgIpc) is 3.08. The molecule has 0 bridgehead atoms. The third kappa shape index (κ3) is 3.50. The summed E-state index contributed by atoms with van der Waals surface area (Å²) in [4.78, 5) is 0. The maximum Gasteiger partial charge on any atom is 0 e. The molecule has 2 heterocycles. The maximum atomic E-state index is 2.35. The van der Waals surface area contributed by atoms with Crippen LogP contribution in [-0.2, 0) is 0 Å². The number of rotatable bonds is 2. The molecule has 0 N–H and O–H groups in total. The lowest BCUT2D eigenvalue weighted by atomic mass is 10.0. The topological polar surface area (TPSA) is 0 Å². The Labute approximate surface area is 140 Å². The van der Waals surface area contributed by atoms with E-state index < -0.39 is 0 Å². The molecule has 0 saturated carbocycles. The molecule has 2 aliphatic rings. The molecule has 4 heteroatoms. The molecule has 0 unspecified atom stereocenters. The zero-order chi connectivity index (χ0) is 13.4. The van der Waals surface area contributed by atoms with Gasteiger partial charge in [0.15, 0.2) is 0 Å². The van der Waals surface area contributed by atoms with Crippen LogP contribution in [0.15, 0.2) is 60.7 Å². The van der Waals surface area contributed by atoms with Gasteiger partial charge in [-0.15, -0.1) is 0 Å². The fourth-order valence-electron chi connectivity index (χ4n) is 3.69. The van der Waals surface area contributed by atoms with Crippen molar-refractivity contribution in [3.63, 3.8) is 0 Å². The Bertz CT molecular complexity index is 511. The molecular formula is C18H20B2P2.